The molecule has 0 bridgehead atoms. The Morgan fingerprint density at radius 3 is 2.56 bits per heavy atom. The van der Waals surface area contributed by atoms with Crippen LogP contribution in [0.1, 0.15) is 29.4 Å². The molecule has 182 valence electrons. The molecule has 0 spiro atoms. The highest BCUT2D eigenvalue weighted by Gasteiger charge is 2.26. The highest BCUT2D eigenvalue weighted by atomic mass is 16.5. The molecule has 0 fully saturated rings. The topological polar surface area (TPSA) is 104 Å². The van der Waals surface area contributed by atoms with Gasteiger partial charge in [0.2, 0.25) is 5.91 Å². The zero-order valence-corrected chi connectivity index (χ0v) is 20.1. The molecule has 3 aromatic rings. The molecule has 1 atom stereocenters. The summed E-state index contributed by atoms with van der Waals surface area (Å²) in [5, 5.41) is 6.79. The fourth-order valence-corrected chi connectivity index (χ4v) is 3.93. The van der Waals surface area contributed by atoms with E-state index in [2.05, 4.69) is 27.8 Å². The van der Waals surface area contributed by atoms with Crippen molar-refractivity contribution in [2.75, 3.05) is 45.2 Å². The number of esters is 1. The van der Waals surface area contributed by atoms with Crippen LogP contribution in [0.4, 0.5) is 11.4 Å². The van der Waals surface area contributed by atoms with Crippen LogP contribution < -0.4 is 10.6 Å². The summed E-state index contributed by atoms with van der Waals surface area (Å²) in [5.41, 5.74) is 3.16. The molecule has 9 nitrogen and oxygen atoms in total. The van der Waals surface area contributed by atoms with Crippen molar-refractivity contribution in [2.45, 2.75) is 32.4 Å². The Labute approximate surface area is 199 Å². The van der Waals surface area contributed by atoms with Crippen LogP contribution in [0, 0.1) is 0 Å². The minimum atomic E-state index is -0.548. The zero-order valence-electron chi connectivity index (χ0n) is 20.1. The third-order valence-corrected chi connectivity index (χ3v) is 5.34. The van der Waals surface area contributed by atoms with E-state index in [4.69, 9.17) is 14.2 Å². The number of anilines is 2. The number of hydrogen-bond acceptors (Lipinski definition) is 7. The van der Waals surface area contributed by atoms with E-state index in [1.807, 2.05) is 35.8 Å². The summed E-state index contributed by atoms with van der Waals surface area (Å²) in [6.45, 7) is 2.89. The Morgan fingerprint density at radius 1 is 1.12 bits per heavy atom. The molecule has 2 heterocycles. The van der Waals surface area contributed by atoms with Gasteiger partial charge in [0, 0.05) is 32.2 Å². The number of rotatable bonds is 12. The van der Waals surface area contributed by atoms with Gasteiger partial charge in [-0.05, 0) is 31.4 Å². The van der Waals surface area contributed by atoms with E-state index in [1.54, 1.807) is 13.3 Å². The van der Waals surface area contributed by atoms with E-state index in [0.29, 0.717) is 29.9 Å². The number of benzene rings is 1. The van der Waals surface area contributed by atoms with E-state index < -0.39 is 5.97 Å². The minimum Gasteiger partial charge on any atom is -0.464 e. The first-order valence-corrected chi connectivity index (χ1v) is 11.2. The first-order valence-electron chi connectivity index (χ1n) is 11.2. The Hall–Kier alpha value is -3.43. The van der Waals surface area contributed by atoms with Crippen LogP contribution in [0.5, 0.6) is 0 Å². The molecule has 0 radical (unpaired) electrons. The molecule has 0 unspecified atom stereocenters. The predicted octanol–water partition coefficient (Wildman–Crippen LogP) is 3.49. The normalized spacial score (nSPS) is 11.9. The number of nitrogens with zero attached hydrogens (tertiary/aromatic N) is 2. The van der Waals surface area contributed by atoms with Crippen LogP contribution in [0.15, 0.2) is 42.6 Å². The monoisotopic (exact) mass is 468 g/mol. The van der Waals surface area contributed by atoms with Crippen molar-refractivity contribution in [2.24, 2.45) is 0 Å². The maximum absolute atomic E-state index is 12.9. The van der Waals surface area contributed by atoms with Gasteiger partial charge in [-0.25, -0.2) is 9.78 Å². The maximum Gasteiger partial charge on any atom is 0.356 e. The van der Waals surface area contributed by atoms with Gasteiger partial charge in [-0.1, -0.05) is 30.3 Å². The van der Waals surface area contributed by atoms with Crippen LogP contribution in [0.3, 0.4) is 0 Å². The molecular weight excluding hydrogens is 436 g/mol. The zero-order chi connectivity index (χ0) is 24.5. The molecule has 2 N–H and O–H groups in total. The third-order valence-electron chi connectivity index (χ3n) is 5.34. The fourth-order valence-electron chi connectivity index (χ4n) is 3.93. The number of carbonyl (C=O) groups is 2. The summed E-state index contributed by atoms with van der Waals surface area (Å²) in [6, 6.07) is 12.1. The molecular formula is C25H32N4O5. The highest BCUT2D eigenvalue weighted by Crippen LogP contribution is 2.33. The number of carbonyl (C=O) groups excluding carboxylic acids is 2. The Morgan fingerprint density at radius 2 is 1.88 bits per heavy atom. The van der Waals surface area contributed by atoms with Gasteiger partial charge < -0.3 is 29.4 Å². The van der Waals surface area contributed by atoms with Gasteiger partial charge in [0.1, 0.15) is 12.3 Å². The smallest absolute Gasteiger partial charge is 0.356 e. The number of aromatic nitrogens is 2. The molecule has 1 aromatic carbocycles. The van der Waals surface area contributed by atoms with Crippen molar-refractivity contribution in [1.29, 1.82) is 0 Å². The van der Waals surface area contributed by atoms with Crippen LogP contribution in [0.25, 0.3) is 11.0 Å². The lowest BCUT2D eigenvalue weighted by Crippen LogP contribution is -2.21. The number of fused-ring (bicyclic) bond motifs is 1. The van der Waals surface area contributed by atoms with Gasteiger partial charge in [-0.3, -0.25) is 4.79 Å². The lowest BCUT2D eigenvalue weighted by molar-refractivity contribution is -0.119. The van der Waals surface area contributed by atoms with Gasteiger partial charge in [0.15, 0.2) is 5.69 Å². The number of amides is 1. The van der Waals surface area contributed by atoms with Crippen LogP contribution in [0.2, 0.25) is 0 Å². The average molecular weight is 469 g/mol. The number of methoxy groups -OCH3 is 3. The van der Waals surface area contributed by atoms with Crippen LogP contribution >= 0.6 is 0 Å². The average Bonchev–Trinajstić information content (AvgIpc) is 3.12. The molecule has 0 saturated heterocycles. The van der Waals surface area contributed by atoms with Crippen molar-refractivity contribution < 1.29 is 23.8 Å². The summed E-state index contributed by atoms with van der Waals surface area (Å²) in [7, 11) is 4.40. The summed E-state index contributed by atoms with van der Waals surface area (Å²) in [4.78, 5) is 29.9. The molecule has 1 amide bonds. The number of hydrogen-bond donors (Lipinski definition) is 2. The van der Waals surface area contributed by atoms with Gasteiger partial charge in [-0.15, -0.1) is 0 Å². The SMILES string of the molecule is COCC(=O)Nc1c(C(=O)OC)n(CCCc2ccccc2)c2ncc(N[C@H](C)COC)cc12. The molecule has 0 aliphatic heterocycles. The predicted molar refractivity (Wildman–Crippen MR) is 131 cm³/mol. The third kappa shape index (κ3) is 6.12. The molecule has 9 heteroatoms. The summed E-state index contributed by atoms with van der Waals surface area (Å²) in [6.07, 6.45) is 3.32. The summed E-state index contributed by atoms with van der Waals surface area (Å²) < 4.78 is 17.1. The first-order chi connectivity index (χ1) is 16.5. The lowest BCUT2D eigenvalue weighted by Gasteiger charge is -2.14. The summed E-state index contributed by atoms with van der Waals surface area (Å²) in [5.74, 6) is -0.921. The Balaban J connectivity index is 2.03. The molecule has 0 aliphatic rings. The van der Waals surface area contributed by atoms with E-state index in [-0.39, 0.29) is 24.2 Å². The second kappa shape index (κ2) is 12.2. The lowest BCUT2D eigenvalue weighted by atomic mass is 10.1. The minimum absolute atomic E-state index is 0.0452. The Kier molecular flexibility index (Phi) is 9.00. The van der Waals surface area contributed by atoms with E-state index in [9.17, 15) is 9.59 Å². The van der Waals surface area contributed by atoms with Gasteiger partial charge in [0.05, 0.1) is 31.3 Å². The first kappa shape index (κ1) is 25.2. The van der Waals surface area contributed by atoms with E-state index >= 15 is 0 Å². The van der Waals surface area contributed by atoms with Gasteiger partial charge >= 0.3 is 5.97 Å². The van der Waals surface area contributed by atoms with Crippen molar-refractivity contribution >= 4 is 34.3 Å². The van der Waals surface area contributed by atoms with Gasteiger partial charge in [-0.2, -0.15) is 0 Å². The van der Waals surface area contributed by atoms with Crippen molar-refractivity contribution in [3.63, 3.8) is 0 Å². The Bertz CT molecular complexity index is 1110. The number of nitrogens with one attached hydrogen (secondary N) is 2. The quantitative estimate of drug-likeness (QED) is 0.392. The van der Waals surface area contributed by atoms with E-state index in [1.165, 1.54) is 19.8 Å². The number of ether oxygens (including phenoxy) is 3. The highest BCUT2D eigenvalue weighted by molar-refractivity contribution is 6.11. The summed E-state index contributed by atoms with van der Waals surface area (Å²) >= 11 is 0. The molecule has 3 rings (SSSR count). The van der Waals surface area contributed by atoms with Crippen LogP contribution in [-0.2, 0) is 32.0 Å². The van der Waals surface area contributed by atoms with E-state index in [0.717, 1.165) is 18.5 Å². The largest absolute Gasteiger partial charge is 0.464 e. The number of pyridine rings is 1. The number of aryl methyl sites for hydroxylation is 2. The van der Waals surface area contributed by atoms with Gasteiger partial charge in [0.25, 0.3) is 0 Å². The second-order valence-corrected chi connectivity index (χ2v) is 8.03. The fraction of sp³-hybridized carbons (Fsp3) is 0.400. The standard InChI is InChI=1S/C25H32N4O5/c1-17(15-32-2)27-19-13-20-22(28-21(30)16-33-3)23(25(31)34-4)29(24(20)26-14-19)12-8-11-18-9-6-5-7-10-18/h5-7,9-10,13-14,17,27H,8,11-12,15-16H2,1-4H3,(H,28,30)/t17-/m1/s1. The van der Waals surface area contributed by atoms with Crippen molar-refractivity contribution in [1.82, 2.24) is 9.55 Å². The van der Waals surface area contributed by atoms with Crippen molar-refractivity contribution in [3.05, 3.63) is 53.9 Å². The maximum atomic E-state index is 12.9. The molecule has 34 heavy (non-hydrogen) atoms. The molecule has 0 saturated carbocycles. The molecule has 0 aliphatic carbocycles. The second-order valence-electron chi connectivity index (χ2n) is 8.03. The van der Waals surface area contributed by atoms with Crippen molar-refractivity contribution in [3.8, 4) is 0 Å². The van der Waals surface area contributed by atoms with Crippen LogP contribution in [-0.4, -0.2) is 62.0 Å². The molecule has 2 aromatic heterocycles.